The number of ether oxygens (including phenoxy) is 2. The molecule has 6 nitrogen and oxygen atoms in total. The quantitative estimate of drug-likeness (QED) is 0.523. The number of carbonyl (C=O) groups is 2. The Bertz CT molecular complexity index is 169. The molecule has 0 amide bonds. The molecule has 7 heteroatoms. The van der Waals surface area contributed by atoms with Crippen LogP contribution in [0.1, 0.15) is 6.42 Å². The smallest absolute Gasteiger partial charge is 0.450 e. The predicted octanol–water partition coefficient (Wildman–Crippen LogP) is 1.33. The molecule has 0 radical (unpaired) electrons. The molecule has 0 saturated carbocycles. The van der Waals surface area contributed by atoms with Gasteiger partial charge < -0.3 is 19.7 Å². The van der Waals surface area contributed by atoms with E-state index in [-0.39, 0.29) is 13.0 Å². The van der Waals surface area contributed by atoms with Crippen molar-refractivity contribution in [2.75, 3.05) is 6.61 Å². The van der Waals surface area contributed by atoms with Crippen molar-refractivity contribution in [1.29, 1.82) is 0 Å². The van der Waals surface area contributed by atoms with Crippen LogP contribution in [0.2, 0.25) is 0 Å². The van der Waals surface area contributed by atoms with Gasteiger partial charge in [0.15, 0.2) is 5.56 Å². The van der Waals surface area contributed by atoms with Crippen LogP contribution in [0.4, 0.5) is 9.59 Å². The van der Waals surface area contributed by atoms with Gasteiger partial charge in [-0.3, -0.25) is 0 Å². The summed E-state index contributed by atoms with van der Waals surface area (Å²) in [6.07, 6.45) is -2.96. The summed E-state index contributed by atoms with van der Waals surface area (Å²) in [6.45, 7) is -0.198. The van der Waals surface area contributed by atoms with Crippen molar-refractivity contribution in [3.8, 4) is 0 Å². The zero-order valence-corrected chi connectivity index (χ0v) is 6.65. The van der Waals surface area contributed by atoms with E-state index in [9.17, 15) is 9.59 Å². The summed E-state index contributed by atoms with van der Waals surface area (Å²) in [6, 6.07) is 0. The number of hydrogen-bond donors (Lipinski definition) is 2. The largest absolute Gasteiger partial charge is 0.507 e. The van der Waals surface area contributed by atoms with Crippen LogP contribution in [-0.2, 0) is 9.47 Å². The van der Waals surface area contributed by atoms with Crippen LogP contribution in [0.3, 0.4) is 0 Å². The van der Waals surface area contributed by atoms with Gasteiger partial charge in [-0.2, -0.15) is 0 Å². The SMILES string of the molecule is O=C(O)OCCC(Cl)OC(=O)O. The summed E-state index contributed by atoms with van der Waals surface area (Å²) in [5.74, 6) is 0. The Hall–Kier alpha value is -1.17. The lowest BCUT2D eigenvalue weighted by molar-refractivity contribution is 0.0582. The molecular weight excluding hydrogens is 192 g/mol. The van der Waals surface area contributed by atoms with Crippen molar-refractivity contribution in [3.05, 3.63) is 0 Å². The number of carboxylic acid groups (broad SMARTS) is 2. The molecule has 0 heterocycles. The van der Waals surface area contributed by atoms with Gasteiger partial charge >= 0.3 is 12.3 Å². The summed E-state index contributed by atoms with van der Waals surface area (Å²) in [7, 11) is 0. The van der Waals surface area contributed by atoms with E-state index in [1.807, 2.05) is 0 Å². The highest BCUT2D eigenvalue weighted by molar-refractivity contribution is 6.20. The van der Waals surface area contributed by atoms with Gasteiger partial charge in [0.1, 0.15) is 0 Å². The Morgan fingerprint density at radius 2 is 1.92 bits per heavy atom. The molecule has 0 aliphatic rings. The average molecular weight is 199 g/mol. The molecule has 0 spiro atoms. The topological polar surface area (TPSA) is 93.1 Å². The molecule has 1 unspecified atom stereocenters. The lowest BCUT2D eigenvalue weighted by Crippen LogP contribution is -2.14. The Morgan fingerprint density at radius 3 is 2.33 bits per heavy atom. The zero-order chi connectivity index (χ0) is 9.56. The monoisotopic (exact) mass is 198 g/mol. The summed E-state index contributed by atoms with van der Waals surface area (Å²) < 4.78 is 8.09. The molecule has 1 atom stereocenters. The summed E-state index contributed by atoms with van der Waals surface area (Å²) >= 11 is 5.28. The Kier molecular flexibility index (Phi) is 4.94. The van der Waals surface area contributed by atoms with Gasteiger partial charge in [-0.05, 0) is 0 Å². The molecule has 0 saturated heterocycles. The molecule has 12 heavy (non-hydrogen) atoms. The summed E-state index contributed by atoms with van der Waals surface area (Å²) in [4.78, 5) is 19.6. The van der Waals surface area contributed by atoms with Crippen LogP contribution in [0.15, 0.2) is 0 Å². The Balaban J connectivity index is 3.37. The number of halogens is 1. The Morgan fingerprint density at radius 1 is 1.33 bits per heavy atom. The van der Waals surface area contributed by atoms with Crippen molar-refractivity contribution in [2.45, 2.75) is 12.0 Å². The fourth-order valence-corrected chi connectivity index (χ4v) is 0.573. The van der Waals surface area contributed by atoms with Gasteiger partial charge in [0.2, 0.25) is 0 Å². The first-order valence-corrected chi connectivity index (χ1v) is 3.35. The molecule has 0 rings (SSSR count). The van der Waals surface area contributed by atoms with Gasteiger partial charge in [-0.15, -0.1) is 0 Å². The van der Waals surface area contributed by atoms with Gasteiger partial charge in [0, 0.05) is 6.42 Å². The van der Waals surface area contributed by atoms with Crippen molar-refractivity contribution in [3.63, 3.8) is 0 Å². The molecule has 0 aromatic rings. The van der Waals surface area contributed by atoms with Gasteiger partial charge in [-0.25, -0.2) is 9.59 Å². The molecule has 2 N–H and O–H groups in total. The van der Waals surface area contributed by atoms with Crippen LogP contribution in [0.5, 0.6) is 0 Å². The van der Waals surface area contributed by atoms with E-state index in [1.54, 1.807) is 0 Å². The first kappa shape index (κ1) is 10.8. The maximum atomic E-state index is 9.84. The van der Waals surface area contributed by atoms with E-state index in [2.05, 4.69) is 9.47 Å². The van der Waals surface area contributed by atoms with Crippen molar-refractivity contribution < 1.29 is 29.3 Å². The highest BCUT2D eigenvalue weighted by atomic mass is 35.5. The third-order valence-corrected chi connectivity index (χ3v) is 1.11. The van der Waals surface area contributed by atoms with E-state index in [0.29, 0.717) is 0 Å². The zero-order valence-electron chi connectivity index (χ0n) is 5.90. The molecule has 0 aromatic heterocycles. The van der Waals surface area contributed by atoms with E-state index < -0.39 is 17.9 Å². The van der Waals surface area contributed by atoms with Crippen molar-refractivity contribution >= 4 is 23.9 Å². The lowest BCUT2D eigenvalue weighted by Gasteiger charge is -2.06. The molecular formula is C5H7ClO6. The minimum absolute atomic E-state index is 0.0137. The minimum atomic E-state index is -1.51. The summed E-state index contributed by atoms with van der Waals surface area (Å²) in [5.41, 5.74) is -1.08. The fourth-order valence-electron chi connectivity index (χ4n) is 0.407. The van der Waals surface area contributed by atoms with E-state index in [4.69, 9.17) is 21.8 Å². The molecule has 0 aromatic carbocycles. The second kappa shape index (κ2) is 5.48. The second-order valence-corrected chi connectivity index (χ2v) is 2.18. The third-order valence-electron chi connectivity index (χ3n) is 0.799. The maximum absolute atomic E-state index is 9.84. The number of alkyl halides is 1. The van der Waals surface area contributed by atoms with Gasteiger partial charge in [0.05, 0.1) is 6.61 Å². The van der Waals surface area contributed by atoms with E-state index >= 15 is 0 Å². The van der Waals surface area contributed by atoms with Crippen LogP contribution >= 0.6 is 11.6 Å². The van der Waals surface area contributed by atoms with E-state index in [0.717, 1.165) is 0 Å². The van der Waals surface area contributed by atoms with E-state index in [1.165, 1.54) is 0 Å². The fraction of sp³-hybridized carbons (Fsp3) is 0.600. The average Bonchev–Trinajstić information content (AvgIpc) is 1.84. The van der Waals surface area contributed by atoms with Crippen LogP contribution in [0.25, 0.3) is 0 Å². The first-order chi connectivity index (χ1) is 5.52. The van der Waals surface area contributed by atoms with Crippen LogP contribution in [0, 0.1) is 0 Å². The molecule has 0 aliphatic carbocycles. The highest BCUT2D eigenvalue weighted by Gasteiger charge is 2.10. The second-order valence-electron chi connectivity index (χ2n) is 1.70. The molecule has 0 bridgehead atoms. The predicted molar refractivity (Wildman–Crippen MR) is 37.3 cm³/mol. The maximum Gasteiger partial charge on any atom is 0.507 e. The highest BCUT2D eigenvalue weighted by Crippen LogP contribution is 2.04. The Labute approximate surface area is 72.6 Å². The van der Waals surface area contributed by atoms with Crippen LogP contribution in [-0.4, -0.2) is 34.7 Å². The van der Waals surface area contributed by atoms with Crippen molar-refractivity contribution in [1.82, 2.24) is 0 Å². The molecule has 0 fully saturated rings. The molecule has 0 aliphatic heterocycles. The third kappa shape index (κ3) is 6.94. The standard InChI is InChI=1S/C5H7ClO6/c6-3(12-5(9)10)1-2-11-4(7)8/h3H,1-2H2,(H,7,8)(H,9,10). The lowest BCUT2D eigenvalue weighted by atomic mass is 10.5. The normalized spacial score (nSPS) is 11.8. The van der Waals surface area contributed by atoms with Gasteiger partial charge in [-0.1, -0.05) is 11.6 Å². The first-order valence-electron chi connectivity index (χ1n) is 2.91. The number of hydrogen-bond acceptors (Lipinski definition) is 4. The molecule has 70 valence electrons. The summed E-state index contributed by atoms with van der Waals surface area (Å²) in [5, 5.41) is 16.0. The minimum Gasteiger partial charge on any atom is -0.450 e. The van der Waals surface area contributed by atoms with Crippen molar-refractivity contribution in [2.24, 2.45) is 0 Å². The van der Waals surface area contributed by atoms with Crippen LogP contribution < -0.4 is 0 Å². The van der Waals surface area contributed by atoms with Gasteiger partial charge in [0.25, 0.3) is 0 Å². The number of rotatable bonds is 4.